The molecule has 1 N–H and O–H groups in total. The highest BCUT2D eigenvalue weighted by molar-refractivity contribution is 6.32. The number of phenols is 1. The summed E-state index contributed by atoms with van der Waals surface area (Å²) in [6, 6.07) is 1.76. The van der Waals surface area contributed by atoms with Crippen LogP contribution in [0.4, 0.5) is 0 Å². The standard InChI is InChI=1S/C13H19ClO/c1-5-6-8(2)12-10(4)13(14)9(3)7-11(12)15/h7-8,15H,5-6H2,1-4H3. The van der Waals surface area contributed by atoms with Gasteiger partial charge in [-0.1, -0.05) is 31.9 Å². The lowest BCUT2D eigenvalue weighted by Crippen LogP contribution is -1.99. The molecule has 0 saturated carbocycles. The number of hydrogen-bond acceptors (Lipinski definition) is 1. The Kier molecular flexibility index (Phi) is 4.04. The Morgan fingerprint density at radius 3 is 2.53 bits per heavy atom. The second-order valence-corrected chi connectivity index (χ2v) is 4.63. The average Bonchev–Trinajstić information content (AvgIpc) is 2.15. The van der Waals surface area contributed by atoms with Crippen LogP contribution >= 0.6 is 11.6 Å². The van der Waals surface area contributed by atoms with Gasteiger partial charge in [0.2, 0.25) is 0 Å². The molecule has 0 aromatic heterocycles. The fourth-order valence-corrected chi connectivity index (χ4v) is 2.31. The van der Waals surface area contributed by atoms with Gasteiger partial charge in [0.15, 0.2) is 0 Å². The Bertz CT molecular complexity index is 358. The van der Waals surface area contributed by atoms with Crippen molar-refractivity contribution in [3.8, 4) is 5.75 Å². The second-order valence-electron chi connectivity index (χ2n) is 4.25. The number of aryl methyl sites for hydroxylation is 1. The molecular formula is C13H19ClO. The van der Waals surface area contributed by atoms with Crippen LogP contribution in [0.5, 0.6) is 5.75 Å². The first-order valence-electron chi connectivity index (χ1n) is 5.47. The Hall–Kier alpha value is -0.690. The van der Waals surface area contributed by atoms with E-state index in [1.54, 1.807) is 6.07 Å². The van der Waals surface area contributed by atoms with E-state index in [0.717, 1.165) is 34.6 Å². The molecular weight excluding hydrogens is 208 g/mol. The fourth-order valence-electron chi connectivity index (χ4n) is 2.15. The van der Waals surface area contributed by atoms with Crippen LogP contribution in [0.25, 0.3) is 0 Å². The summed E-state index contributed by atoms with van der Waals surface area (Å²) >= 11 is 6.19. The van der Waals surface area contributed by atoms with Crippen LogP contribution in [0.1, 0.15) is 49.3 Å². The highest BCUT2D eigenvalue weighted by Gasteiger charge is 2.16. The smallest absolute Gasteiger partial charge is 0.119 e. The summed E-state index contributed by atoms with van der Waals surface area (Å²) < 4.78 is 0. The number of rotatable bonds is 3. The van der Waals surface area contributed by atoms with Crippen LogP contribution in [0.3, 0.4) is 0 Å². The van der Waals surface area contributed by atoms with E-state index >= 15 is 0 Å². The molecule has 1 atom stereocenters. The van der Waals surface area contributed by atoms with Crippen molar-refractivity contribution >= 4 is 11.6 Å². The van der Waals surface area contributed by atoms with E-state index in [4.69, 9.17) is 11.6 Å². The molecule has 0 amide bonds. The minimum Gasteiger partial charge on any atom is -0.508 e. The van der Waals surface area contributed by atoms with E-state index in [1.807, 2.05) is 13.8 Å². The lowest BCUT2D eigenvalue weighted by molar-refractivity contribution is 0.458. The number of aromatic hydroxyl groups is 1. The zero-order chi connectivity index (χ0) is 11.6. The Labute approximate surface area is 97.1 Å². The van der Waals surface area contributed by atoms with Crippen molar-refractivity contribution in [1.82, 2.24) is 0 Å². The molecule has 1 aromatic rings. The Morgan fingerprint density at radius 1 is 1.40 bits per heavy atom. The maximum Gasteiger partial charge on any atom is 0.119 e. The third kappa shape index (κ3) is 2.46. The monoisotopic (exact) mass is 226 g/mol. The summed E-state index contributed by atoms with van der Waals surface area (Å²) in [5.74, 6) is 0.753. The molecule has 1 unspecified atom stereocenters. The molecule has 0 radical (unpaired) electrons. The van der Waals surface area contributed by atoms with Gasteiger partial charge in [-0.2, -0.15) is 0 Å². The van der Waals surface area contributed by atoms with Gasteiger partial charge in [0.1, 0.15) is 5.75 Å². The van der Waals surface area contributed by atoms with Crippen molar-refractivity contribution in [2.45, 2.75) is 46.5 Å². The number of benzene rings is 1. The third-order valence-electron chi connectivity index (χ3n) is 2.92. The lowest BCUT2D eigenvalue weighted by atomic mass is 9.91. The Morgan fingerprint density at radius 2 is 2.00 bits per heavy atom. The zero-order valence-corrected chi connectivity index (χ0v) is 10.7. The minimum absolute atomic E-state index is 0.369. The molecule has 1 nitrogen and oxygen atoms in total. The first kappa shape index (κ1) is 12.4. The van der Waals surface area contributed by atoms with Crippen molar-refractivity contribution in [2.24, 2.45) is 0 Å². The quantitative estimate of drug-likeness (QED) is 0.801. The normalized spacial score (nSPS) is 12.9. The maximum absolute atomic E-state index is 9.94. The first-order chi connectivity index (χ1) is 6.99. The molecule has 2 heteroatoms. The summed E-state index contributed by atoms with van der Waals surface area (Å²) in [7, 11) is 0. The molecule has 0 saturated heterocycles. The second kappa shape index (κ2) is 4.89. The van der Waals surface area contributed by atoms with Crippen LogP contribution in [-0.4, -0.2) is 5.11 Å². The summed E-state index contributed by atoms with van der Waals surface area (Å²) in [5.41, 5.74) is 2.97. The lowest BCUT2D eigenvalue weighted by Gasteiger charge is -2.18. The summed E-state index contributed by atoms with van der Waals surface area (Å²) in [5, 5.41) is 10.7. The molecule has 0 bridgehead atoms. The number of halogens is 1. The van der Waals surface area contributed by atoms with E-state index in [2.05, 4.69) is 13.8 Å². The van der Waals surface area contributed by atoms with Crippen LogP contribution in [0.15, 0.2) is 6.07 Å². The summed E-state index contributed by atoms with van der Waals surface area (Å²) in [6.07, 6.45) is 2.19. The Balaban J connectivity index is 3.23. The van der Waals surface area contributed by atoms with Crippen molar-refractivity contribution in [3.05, 3.63) is 27.8 Å². The highest BCUT2D eigenvalue weighted by atomic mass is 35.5. The maximum atomic E-state index is 9.94. The predicted octanol–water partition coefficient (Wildman–Crippen LogP) is 4.57. The van der Waals surface area contributed by atoms with E-state index in [-0.39, 0.29) is 0 Å². The highest BCUT2D eigenvalue weighted by Crippen LogP contribution is 2.37. The zero-order valence-electron chi connectivity index (χ0n) is 9.89. The van der Waals surface area contributed by atoms with Gasteiger partial charge in [-0.15, -0.1) is 0 Å². The van der Waals surface area contributed by atoms with Crippen molar-refractivity contribution in [3.63, 3.8) is 0 Å². The van der Waals surface area contributed by atoms with Crippen molar-refractivity contribution in [1.29, 1.82) is 0 Å². The van der Waals surface area contributed by atoms with Gasteiger partial charge in [0, 0.05) is 10.6 Å². The molecule has 1 rings (SSSR count). The van der Waals surface area contributed by atoms with Gasteiger partial charge in [-0.05, 0) is 43.4 Å². The topological polar surface area (TPSA) is 20.2 Å². The summed E-state index contributed by atoms with van der Waals surface area (Å²) in [4.78, 5) is 0. The van der Waals surface area contributed by atoms with Gasteiger partial charge in [-0.3, -0.25) is 0 Å². The van der Waals surface area contributed by atoms with Gasteiger partial charge >= 0.3 is 0 Å². The fraction of sp³-hybridized carbons (Fsp3) is 0.538. The molecule has 1 aromatic carbocycles. The molecule has 0 aliphatic carbocycles. The van der Waals surface area contributed by atoms with Gasteiger partial charge in [-0.25, -0.2) is 0 Å². The van der Waals surface area contributed by atoms with Crippen LogP contribution < -0.4 is 0 Å². The number of hydrogen-bond donors (Lipinski definition) is 1. The van der Waals surface area contributed by atoms with Crippen LogP contribution in [0, 0.1) is 13.8 Å². The number of phenolic OH excluding ortho intramolecular Hbond substituents is 1. The van der Waals surface area contributed by atoms with Crippen LogP contribution in [0.2, 0.25) is 5.02 Å². The molecule has 0 aliphatic heterocycles. The molecule has 0 heterocycles. The van der Waals surface area contributed by atoms with Gasteiger partial charge in [0.05, 0.1) is 0 Å². The third-order valence-corrected chi connectivity index (χ3v) is 3.50. The van der Waals surface area contributed by atoms with Gasteiger partial charge in [0.25, 0.3) is 0 Å². The van der Waals surface area contributed by atoms with E-state index in [9.17, 15) is 5.11 Å². The van der Waals surface area contributed by atoms with Gasteiger partial charge < -0.3 is 5.11 Å². The minimum atomic E-state index is 0.369. The van der Waals surface area contributed by atoms with E-state index < -0.39 is 0 Å². The molecule has 0 spiro atoms. The van der Waals surface area contributed by atoms with E-state index in [1.165, 1.54) is 0 Å². The molecule has 15 heavy (non-hydrogen) atoms. The van der Waals surface area contributed by atoms with Crippen molar-refractivity contribution < 1.29 is 5.11 Å². The molecule has 0 fully saturated rings. The largest absolute Gasteiger partial charge is 0.508 e. The van der Waals surface area contributed by atoms with E-state index in [0.29, 0.717) is 11.7 Å². The SMILES string of the molecule is CCCC(C)c1c(O)cc(C)c(Cl)c1C. The average molecular weight is 227 g/mol. The van der Waals surface area contributed by atoms with Crippen LogP contribution in [-0.2, 0) is 0 Å². The molecule has 84 valence electrons. The van der Waals surface area contributed by atoms with Crippen molar-refractivity contribution in [2.75, 3.05) is 0 Å². The molecule has 0 aliphatic rings. The first-order valence-corrected chi connectivity index (χ1v) is 5.85. The predicted molar refractivity (Wildman–Crippen MR) is 65.9 cm³/mol. The summed E-state index contributed by atoms with van der Waals surface area (Å²) in [6.45, 7) is 8.19.